The first-order valence-corrected chi connectivity index (χ1v) is 10.4. The highest BCUT2D eigenvalue weighted by Crippen LogP contribution is 2.40. The Labute approximate surface area is 168 Å². The van der Waals surface area contributed by atoms with Gasteiger partial charge in [0.05, 0.1) is 9.71 Å². The lowest BCUT2D eigenvalue weighted by Gasteiger charge is -2.06. The number of rotatable bonds is 4. The molecule has 0 saturated heterocycles. The van der Waals surface area contributed by atoms with E-state index in [1.54, 1.807) is 17.4 Å². The Bertz CT molecular complexity index is 1200. The van der Waals surface area contributed by atoms with E-state index in [4.69, 9.17) is 9.47 Å². The van der Waals surface area contributed by atoms with E-state index in [1.807, 2.05) is 31.2 Å². The van der Waals surface area contributed by atoms with Crippen LogP contribution in [0.25, 0.3) is 21.5 Å². The predicted octanol–water partition coefficient (Wildman–Crippen LogP) is 5.22. The Morgan fingerprint density at radius 1 is 1.11 bits per heavy atom. The summed E-state index contributed by atoms with van der Waals surface area (Å²) in [5, 5.41) is 10.6. The van der Waals surface area contributed by atoms with Gasteiger partial charge in [0.15, 0.2) is 11.5 Å². The minimum absolute atomic E-state index is 0.231. The fourth-order valence-corrected chi connectivity index (χ4v) is 4.89. The Balaban J connectivity index is 1.52. The zero-order valence-electron chi connectivity index (χ0n) is 14.8. The number of ether oxygens (including phenoxy) is 2. The monoisotopic (exact) mass is 411 g/mol. The fraction of sp³-hybridized carbons (Fsp3) is 0.150. The summed E-state index contributed by atoms with van der Waals surface area (Å²) >= 11 is 3.09. The molecule has 0 aliphatic carbocycles. The second-order valence-electron chi connectivity index (χ2n) is 6.25. The highest BCUT2D eigenvalue weighted by molar-refractivity contribution is 7.98. The Morgan fingerprint density at radius 2 is 2.00 bits per heavy atom. The van der Waals surface area contributed by atoms with Crippen LogP contribution in [-0.4, -0.2) is 22.0 Å². The largest absolute Gasteiger partial charge is 0.454 e. The minimum atomic E-state index is -0.239. The SMILES string of the molecule is Cc1nc2c(SCc3cccc(F)c3)nnc(-c3ccc4c(c3)OCO4)c2s1. The summed E-state index contributed by atoms with van der Waals surface area (Å²) in [6.07, 6.45) is 0. The van der Waals surface area contributed by atoms with Gasteiger partial charge in [-0.05, 0) is 42.8 Å². The molecule has 1 aliphatic heterocycles. The first-order valence-electron chi connectivity index (χ1n) is 8.58. The maximum absolute atomic E-state index is 13.4. The molecule has 0 spiro atoms. The molecule has 0 unspecified atom stereocenters. The normalized spacial score (nSPS) is 12.6. The quantitative estimate of drug-likeness (QED) is 0.429. The van der Waals surface area contributed by atoms with E-state index in [2.05, 4.69) is 15.2 Å². The third-order valence-electron chi connectivity index (χ3n) is 4.30. The van der Waals surface area contributed by atoms with Crippen LogP contribution in [0.4, 0.5) is 4.39 Å². The molecular weight excluding hydrogens is 397 g/mol. The molecule has 3 heterocycles. The molecule has 2 aromatic heterocycles. The molecule has 0 amide bonds. The highest BCUT2D eigenvalue weighted by Gasteiger charge is 2.19. The van der Waals surface area contributed by atoms with Gasteiger partial charge in [0.2, 0.25) is 6.79 Å². The van der Waals surface area contributed by atoms with Crippen LogP contribution in [0, 0.1) is 12.7 Å². The van der Waals surface area contributed by atoms with Gasteiger partial charge in [0, 0.05) is 11.3 Å². The van der Waals surface area contributed by atoms with Crippen LogP contribution in [0.15, 0.2) is 47.5 Å². The molecule has 0 fully saturated rings. The third-order valence-corrected chi connectivity index (χ3v) is 6.31. The van der Waals surface area contributed by atoms with E-state index >= 15 is 0 Å². The van der Waals surface area contributed by atoms with Crippen molar-refractivity contribution in [3.63, 3.8) is 0 Å². The zero-order chi connectivity index (χ0) is 19.1. The predicted molar refractivity (Wildman–Crippen MR) is 107 cm³/mol. The summed E-state index contributed by atoms with van der Waals surface area (Å²) in [6.45, 7) is 2.20. The molecule has 28 heavy (non-hydrogen) atoms. The standard InChI is InChI=1S/C20H14FN3O2S2/c1-11-22-18-19(28-11)17(13-5-6-15-16(8-13)26-10-25-15)23-24-20(18)27-9-12-3-2-4-14(21)7-12/h2-8H,9-10H2,1H3. The summed E-state index contributed by atoms with van der Waals surface area (Å²) in [4.78, 5) is 4.67. The van der Waals surface area contributed by atoms with Gasteiger partial charge in [-0.3, -0.25) is 0 Å². The number of thioether (sulfide) groups is 1. The molecule has 0 bridgehead atoms. The molecule has 1 aliphatic rings. The molecule has 0 saturated carbocycles. The van der Waals surface area contributed by atoms with Crippen LogP contribution < -0.4 is 9.47 Å². The zero-order valence-corrected chi connectivity index (χ0v) is 16.4. The molecule has 0 atom stereocenters. The van der Waals surface area contributed by atoms with Gasteiger partial charge in [-0.1, -0.05) is 23.9 Å². The van der Waals surface area contributed by atoms with Crippen LogP contribution in [0.1, 0.15) is 10.6 Å². The lowest BCUT2D eigenvalue weighted by molar-refractivity contribution is 0.174. The van der Waals surface area contributed by atoms with Crippen LogP contribution in [0.3, 0.4) is 0 Å². The maximum Gasteiger partial charge on any atom is 0.231 e. The third kappa shape index (κ3) is 3.18. The lowest BCUT2D eigenvalue weighted by Crippen LogP contribution is -1.93. The van der Waals surface area contributed by atoms with Crippen LogP contribution in [0.5, 0.6) is 11.5 Å². The Kier molecular flexibility index (Phi) is 4.37. The van der Waals surface area contributed by atoms with Crippen molar-refractivity contribution in [3.05, 3.63) is 58.9 Å². The number of thiazole rings is 1. The van der Waals surface area contributed by atoms with E-state index in [1.165, 1.54) is 23.9 Å². The van der Waals surface area contributed by atoms with Gasteiger partial charge in [-0.25, -0.2) is 9.37 Å². The van der Waals surface area contributed by atoms with Crippen molar-refractivity contribution < 1.29 is 13.9 Å². The smallest absolute Gasteiger partial charge is 0.231 e. The average molecular weight is 411 g/mol. The number of hydrogen-bond donors (Lipinski definition) is 0. The van der Waals surface area contributed by atoms with Crippen molar-refractivity contribution in [2.75, 3.05) is 6.79 Å². The number of benzene rings is 2. The van der Waals surface area contributed by atoms with Crippen molar-refractivity contribution in [1.82, 2.24) is 15.2 Å². The van der Waals surface area contributed by atoms with Crippen molar-refractivity contribution in [2.24, 2.45) is 0 Å². The van der Waals surface area contributed by atoms with E-state index in [9.17, 15) is 4.39 Å². The van der Waals surface area contributed by atoms with Gasteiger partial charge in [-0.2, -0.15) is 0 Å². The summed E-state index contributed by atoms with van der Waals surface area (Å²) in [7, 11) is 0. The second-order valence-corrected chi connectivity index (χ2v) is 8.42. The molecule has 0 N–H and O–H groups in total. The van der Waals surface area contributed by atoms with E-state index < -0.39 is 0 Å². The number of hydrogen-bond acceptors (Lipinski definition) is 7. The van der Waals surface area contributed by atoms with Gasteiger partial charge in [0.25, 0.3) is 0 Å². The molecule has 5 rings (SSSR count). The maximum atomic E-state index is 13.4. The lowest BCUT2D eigenvalue weighted by atomic mass is 10.1. The van der Waals surface area contributed by atoms with E-state index in [0.29, 0.717) is 11.5 Å². The van der Waals surface area contributed by atoms with Gasteiger partial charge in [-0.15, -0.1) is 21.5 Å². The highest BCUT2D eigenvalue weighted by atomic mass is 32.2. The number of fused-ring (bicyclic) bond motifs is 2. The van der Waals surface area contributed by atoms with Crippen molar-refractivity contribution in [3.8, 4) is 22.8 Å². The average Bonchev–Trinajstić information content (AvgIpc) is 3.31. The van der Waals surface area contributed by atoms with Crippen LogP contribution in [0.2, 0.25) is 0 Å². The summed E-state index contributed by atoms with van der Waals surface area (Å²) in [5.74, 6) is 1.80. The number of aromatic nitrogens is 3. The molecule has 140 valence electrons. The van der Waals surface area contributed by atoms with Crippen LogP contribution >= 0.6 is 23.1 Å². The number of aryl methyl sites for hydroxylation is 1. The molecule has 5 nitrogen and oxygen atoms in total. The van der Waals surface area contributed by atoms with Gasteiger partial charge in [0.1, 0.15) is 22.1 Å². The summed E-state index contributed by atoms with van der Waals surface area (Å²) < 4.78 is 25.3. The fourth-order valence-electron chi connectivity index (χ4n) is 3.03. The molecule has 8 heteroatoms. The van der Waals surface area contributed by atoms with Crippen molar-refractivity contribution in [2.45, 2.75) is 17.7 Å². The Morgan fingerprint density at radius 3 is 2.89 bits per heavy atom. The Hall–Kier alpha value is -2.71. The first-order chi connectivity index (χ1) is 13.7. The van der Waals surface area contributed by atoms with E-state index in [-0.39, 0.29) is 12.6 Å². The summed E-state index contributed by atoms with van der Waals surface area (Å²) in [5.41, 5.74) is 3.40. The number of nitrogens with zero attached hydrogens (tertiary/aromatic N) is 3. The second kappa shape index (κ2) is 7.03. The van der Waals surface area contributed by atoms with Gasteiger partial charge >= 0.3 is 0 Å². The molecule has 2 aromatic carbocycles. The first kappa shape index (κ1) is 17.4. The molecular formula is C20H14FN3O2S2. The molecule has 4 aromatic rings. The van der Waals surface area contributed by atoms with Crippen molar-refractivity contribution >= 4 is 33.3 Å². The van der Waals surface area contributed by atoms with Crippen molar-refractivity contribution in [1.29, 1.82) is 0 Å². The minimum Gasteiger partial charge on any atom is -0.454 e. The van der Waals surface area contributed by atoms with Crippen LogP contribution in [-0.2, 0) is 5.75 Å². The summed E-state index contributed by atoms with van der Waals surface area (Å²) in [6, 6.07) is 12.3. The topological polar surface area (TPSA) is 57.1 Å². The number of halogens is 1. The van der Waals surface area contributed by atoms with Gasteiger partial charge < -0.3 is 9.47 Å². The molecule has 0 radical (unpaired) electrons. The van der Waals surface area contributed by atoms with E-state index in [0.717, 1.165) is 42.8 Å².